The second-order valence-corrected chi connectivity index (χ2v) is 4.29. The van der Waals surface area contributed by atoms with Crippen molar-refractivity contribution in [3.05, 3.63) is 35.9 Å². The van der Waals surface area contributed by atoms with Crippen molar-refractivity contribution >= 4 is 23.5 Å². The minimum atomic E-state index is -0.794. The zero-order valence-electron chi connectivity index (χ0n) is 10.5. The van der Waals surface area contributed by atoms with E-state index in [1.807, 2.05) is 6.07 Å². The Morgan fingerprint density at radius 1 is 1.42 bits per heavy atom. The van der Waals surface area contributed by atoms with Gasteiger partial charge in [0, 0.05) is 12.1 Å². The van der Waals surface area contributed by atoms with Crippen molar-refractivity contribution in [2.75, 3.05) is 13.1 Å². The Morgan fingerprint density at radius 3 is 2.58 bits per heavy atom. The summed E-state index contributed by atoms with van der Waals surface area (Å²) in [5.74, 6) is -0.480. The van der Waals surface area contributed by atoms with E-state index < -0.39 is 17.3 Å². The Morgan fingerprint density at radius 2 is 2.05 bits per heavy atom. The molecule has 100 valence electrons. The number of urea groups is 1. The maximum absolute atomic E-state index is 11.8. The van der Waals surface area contributed by atoms with Crippen LogP contribution in [0.5, 0.6) is 0 Å². The number of hydrogen-bond acceptors (Lipinski definition) is 3. The minimum absolute atomic E-state index is 0.0719. The Labute approximate surface area is 116 Å². The molecule has 0 heterocycles. The fourth-order valence-electron chi connectivity index (χ4n) is 1.43. The van der Waals surface area contributed by atoms with E-state index in [4.69, 9.17) is 16.9 Å². The lowest BCUT2D eigenvalue weighted by Crippen LogP contribution is -2.44. The van der Waals surface area contributed by atoms with Crippen molar-refractivity contribution in [2.24, 2.45) is 0 Å². The van der Waals surface area contributed by atoms with Gasteiger partial charge >= 0.3 is 6.03 Å². The lowest BCUT2D eigenvalue weighted by atomic mass is 10.2. The van der Waals surface area contributed by atoms with Crippen LogP contribution in [0.1, 0.15) is 17.3 Å². The van der Waals surface area contributed by atoms with Gasteiger partial charge in [-0.3, -0.25) is 10.1 Å². The van der Waals surface area contributed by atoms with E-state index >= 15 is 0 Å². The molecular formula is C13H14ClN3O2. The highest BCUT2D eigenvalue weighted by Gasteiger charge is 2.18. The van der Waals surface area contributed by atoms with E-state index in [2.05, 4.69) is 5.32 Å². The fourth-order valence-corrected chi connectivity index (χ4v) is 1.59. The third-order valence-electron chi connectivity index (χ3n) is 2.45. The molecule has 6 heteroatoms. The van der Waals surface area contributed by atoms with E-state index in [0.29, 0.717) is 12.1 Å². The Balaban J connectivity index is 2.63. The van der Waals surface area contributed by atoms with Gasteiger partial charge < -0.3 is 4.90 Å². The summed E-state index contributed by atoms with van der Waals surface area (Å²) in [6, 6.07) is 9.69. The predicted molar refractivity (Wildman–Crippen MR) is 71.8 cm³/mol. The maximum Gasteiger partial charge on any atom is 0.324 e. The number of nitrogens with one attached hydrogen (secondary N) is 1. The summed E-state index contributed by atoms with van der Waals surface area (Å²) in [6.45, 7) is 2.18. The standard InChI is InChI=1S/C13H14ClN3O2/c1-2-17(9-11(14)8-15)13(19)16-12(18)10-6-4-3-5-7-10/h3-7,11H,2,9H2,1H3,(H,16,18,19). The molecule has 0 bridgehead atoms. The molecule has 0 aliphatic rings. The number of nitriles is 1. The summed E-state index contributed by atoms with van der Waals surface area (Å²) in [5, 5.41) is 10.1. The van der Waals surface area contributed by atoms with Crippen LogP contribution in [0.25, 0.3) is 0 Å². The number of hydrogen-bond donors (Lipinski definition) is 1. The molecule has 0 aliphatic carbocycles. The number of rotatable bonds is 4. The molecule has 19 heavy (non-hydrogen) atoms. The molecule has 1 rings (SSSR count). The number of halogens is 1. The Hall–Kier alpha value is -2.06. The number of nitrogens with zero attached hydrogens (tertiary/aromatic N) is 2. The van der Waals surface area contributed by atoms with Crippen LogP contribution in [0.3, 0.4) is 0 Å². The number of amides is 3. The van der Waals surface area contributed by atoms with Gasteiger partial charge in [-0.1, -0.05) is 18.2 Å². The summed E-state index contributed by atoms with van der Waals surface area (Å²) in [7, 11) is 0. The summed E-state index contributed by atoms with van der Waals surface area (Å²) in [6.07, 6.45) is 0. The normalized spacial score (nSPS) is 11.2. The van der Waals surface area contributed by atoms with Gasteiger partial charge in [-0.25, -0.2) is 4.79 Å². The monoisotopic (exact) mass is 279 g/mol. The van der Waals surface area contributed by atoms with Gasteiger partial charge in [0.25, 0.3) is 5.91 Å². The SMILES string of the molecule is CCN(CC(Cl)C#N)C(=O)NC(=O)c1ccccc1. The second kappa shape index (κ2) is 7.39. The van der Waals surface area contributed by atoms with Crippen LogP contribution < -0.4 is 5.32 Å². The van der Waals surface area contributed by atoms with Gasteiger partial charge in [-0.2, -0.15) is 5.26 Å². The van der Waals surface area contributed by atoms with E-state index in [-0.39, 0.29) is 6.54 Å². The molecule has 0 saturated carbocycles. The minimum Gasteiger partial charge on any atom is -0.322 e. The predicted octanol–water partition coefficient (Wildman–Crippen LogP) is 1.99. The topological polar surface area (TPSA) is 73.2 Å². The molecule has 3 amide bonds. The van der Waals surface area contributed by atoms with Crippen LogP contribution in [0, 0.1) is 11.3 Å². The quantitative estimate of drug-likeness (QED) is 0.857. The summed E-state index contributed by atoms with van der Waals surface area (Å²) < 4.78 is 0. The lowest BCUT2D eigenvalue weighted by Gasteiger charge is -2.21. The average Bonchev–Trinajstić information content (AvgIpc) is 2.45. The highest BCUT2D eigenvalue weighted by molar-refractivity contribution is 6.22. The van der Waals surface area contributed by atoms with E-state index in [9.17, 15) is 9.59 Å². The van der Waals surface area contributed by atoms with Crippen LogP contribution in [0.4, 0.5) is 4.79 Å². The smallest absolute Gasteiger partial charge is 0.322 e. The molecule has 1 unspecified atom stereocenters. The molecule has 1 aromatic rings. The summed E-state index contributed by atoms with van der Waals surface area (Å²) >= 11 is 5.67. The summed E-state index contributed by atoms with van der Waals surface area (Å²) in [5.41, 5.74) is 0.398. The van der Waals surface area contributed by atoms with Gasteiger partial charge in [0.15, 0.2) is 0 Å². The molecule has 1 aromatic carbocycles. The molecular weight excluding hydrogens is 266 g/mol. The first-order chi connectivity index (χ1) is 9.08. The molecule has 0 aromatic heterocycles. The van der Waals surface area contributed by atoms with Gasteiger partial charge in [-0.05, 0) is 19.1 Å². The number of carbonyl (C=O) groups excluding carboxylic acids is 2. The zero-order chi connectivity index (χ0) is 14.3. The van der Waals surface area contributed by atoms with Crippen molar-refractivity contribution < 1.29 is 9.59 Å². The Bertz CT molecular complexity index is 484. The molecule has 5 nitrogen and oxygen atoms in total. The highest BCUT2D eigenvalue weighted by Crippen LogP contribution is 2.02. The van der Waals surface area contributed by atoms with Gasteiger partial charge in [0.1, 0.15) is 5.38 Å². The number of benzene rings is 1. The Kier molecular flexibility index (Phi) is 5.83. The van der Waals surface area contributed by atoms with Crippen molar-refractivity contribution in [3.8, 4) is 6.07 Å². The lowest BCUT2D eigenvalue weighted by molar-refractivity contribution is 0.0953. The first-order valence-electron chi connectivity index (χ1n) is 5.77. The highest BCUT2D eigenvalue weighted by atomic mass is 35.5. The van der Waals surface area contributed by atoms with E-state index in [1.54, 1.807) is 37.3 Å². The largest absolute Gasteiger partial charge is 0.324 e. The van der Waals surface area contributed by atoms with Crippen molar-refractivity contribution in [1.82, 2.24) is 10.2 Å². The second-order valence-electron chi connectivity index (χ2n) is 3.76. The van der Waals surface area contributed by atoms with Crippen LogP contribution in [0.2, 0.25) is 0 Å². The molecule has 0 radical (unpaired) electrons. The van der Waals surface area contributed by atoms with E-state index in [1.165, 1.54) is 4.90 Å². The van der Waals surface area contributed by atoms with Crippen molar-refractivity contribution in [3.63, 3.8) is 0 Å². The molecule has 1 atom stereocenters. The van der Waals surface area contributed by atoms with Crippen LogP contribution in [0.15, 0.2) is 30.3 Å². The van der Waals surface area contributed by atoms with Crippen LogP contribution in [-0.4, -0.2) is 35.3 Å². The average molecular weight is 280 g/mol. The molecule has 1 N–H and O–H groups in total. The zero-order valence-corrected chi connectivity index (χ0v) is 11.2. The fraction of sp³-hybridized carbons (Fsp3) is 0.308. The van der Waals surface area contributed by atoms with Crippen molar-refractivity contribution in [1.29, 1.82) is 5.26 Å². The van der Waals surface area contributed by atoms with Gasteiger partial charge in [-0.15, -0.1) is 11.6 Å². The molecule has 0 spiro atoms. The number of alkyl halides is 1. The van der Waals surface area contributed by atoms with Gasteiger partial charge in [0.05, 0.1) is 12.6 Å². The van der Waals surface area contributed by atoms with Crippen LogP contribution in [-0.2, 0) is 0 Å². The number of imide groups is 1. The summed E-state index contributed by atoms with van der Waals surface area (Å²) in [4.78, 5) is 24.9. The van der Waals surface area contributed by atoms with E-state index in [0.717, 1.165) is 0 Å². The van der Waals surface area contributed by atoms with Gasteiger partial charge in [0.2, 0.25) is 0 Å². The van der Waals surface area contributed by atoms with Crippen molar-refractivity contribution in [2.45, 2.75) is 12.3 Å². The molecule has 0 saturated heterocycles. The van der Waals surface area contributed by atoms with Crippen LogP contribution >= 0.6 is 11.6 Å². The third-order valence-corrected chi connectivity index (χ3v) is 2.68. The maximum atomic E-state index is 11.8. The first kappa shape index (κ1) is 15.0. The third kappa shape index (κ3) is 4.60. The first-order valence-corrected chi connectivity index (χ1v) is 6.21. The number of carbonyl (C=O) groups is 2. The molecule has 0 fully saturated rings. The molecule has 0 aliphatic heterocycles.